The third-order valence-corrected chi connectivity index (χ3v) is 2.23. The molecular weight excluding hydrogens is 220 g/mol. The lowest BCUT2D eigenvalue weighted by Gasteiger charge is -2.10. The second kappa shape index (κ2) is 4.52. The van der Waals surface area contributed by atoms with Gasteiger partial charge < -0.3 is 9.47 Å². The van der Waals surface area contributed by atoms with E-state index in [-0.39, 0.29) is 6.10 Å². The van der Waals surface area contributed by atoms with E-state index in [9.17, 15) is 13.6 Å². The Bertz CT molecular complexity index is 405. The minimum absolute atomic E-state index is 0.293. The van der Waals surface area contributed by atoms with Crippen molar-refractivity contribution in [2.24, 2.45) is 0 Å². The number of halogens is 2. The molecule has 0 bridgehead atoms. The van der Waals surface area contributed by atoms with Gasteiger partial charge in [0, 0.05) is 12.6 Å². The van der Waals surface area contributed by atoms with Crippen molar-refractivity contribution in [1.82, 2.24) is 4.98 Å². The van der Waals surface area contributed by atoms with Crippen LogP contribution in [0.4, 0.5) is 8.78 Å². The second-order valence-electron chi connectivity index (χ2n) is 3.35. The topological polar surface area (TPSA) is 48.4 Å². The van der Waals surface area contributed by atoms with Crippen molar-refractivity contribution in [3.8, 4) is 0 Å². The van der Waals surface area contributed by atoms with E-state index in [0.29, 0.717) is 19.6 Å². The molecule has 0 amide bonds. The molecule has 0 radical (unpaired) electrons. The van der Waals surface area contributed by atoms with E-state index in [1.54, 1.807) is 0 Å². The molecular formula is C10H9F2NO3. The van der Waals surface area contributed by atoms with Crippen molar-refractivity contribution in [2.75, 3.05) is 13.2 Å². The average Bonchev–Trinajstić information content (AvgIpc) is 2.74. The number of rotatable bonds is 2. The number of carbonyl (C=O) groups is 1. The lowest BCUT2D eigenvalue weighted by molar-refractivity contribution is 0.0264. The standard InChI is InChI=1S/C10H9F2NO3/c11-8-7(1-3-13-9(8)12)10(14)16-6-2-4-15-5-6/h1,3,6H,2,4-5H2. The molecule has 16 heavy (non-hydrogen) atoms. The summed E-state index contributed by atoms with van der Waals surface area (Å²) in [5.41, 5.74) is -0.445. The fourth-order valence-electron chi connectivity index (χ4n) is 1.40. The lowest BCUT2D eigenvalue weighted by atomic mass is 10.2. The Kier molecular flexibility index (Phi) is 3.09. The molecule has 0 aromatic carbocycles. The van der Waals surface area contributed by atoms with Gasteiger partial charge in [-0.1, -0.05) is 0 Å². The summed E-state index contributed by atoms with van der Waals surface area (Å²) in [6, 6.07) is 1.08. The summed E-state index contributed by atoms with van der Waals surface area (Å²) in [4.78, 5) is 14.5. The smallest absolute Gasteiger partial charge is 0.341 e. The summed E-state index contributed by atoms with van der Waals surface area (Å²) in [5, 5.41) is 0. The Morgan fingerprint density at radius 1 is 1.56 bits per heavy atom. The molecule has 4 nitrogen and oxygen atoms in total. The number of aromatic nitrogens is 1. The van der Waals surface area contributed by atoms with Crippen molar-refractivity contribution >= 4 is 5.97 Å². The van der Waals surface area contributed by atoms with Gasteiger partial charge in [-0.2, -0.15) is 4.39 Å². The molecule has 1 unspecified atom stereocenters. The number of nitrogens with zero attached hydrogens (tertiary/aromatic N) is 1. The first-order chi connectivity index (χ1) is 7.68. The highest BCUT2D eigenvalue weighted by Crippen LogP contribution is 2.14. The van der Waals surface area contributed by atoms with E-state index < -0.39 is 23.3 Å². The number of esters is 1. The number of ether oxygens (including phenoxy) is 2. The number of carbonyl (C=O) groups excluding carboxylic acids is 1. The SMILES string of the molecule is O=C(OC1CCOC1)c1ccnc(F)c1F. The maximum Gasteiger partial charge on any atom is 0.341 e. The molecule has 0 N–H and O–H groups in total. The molecule has 1 saturated heterocycles. The van der Waals surface area contributed by atoms with Gasteiger partial charge in [0.25, 0.3) is 0 Å². The molecule has 1 aromatic rings. The molecule has 1 aromatic heterocycles. The Morgan fingerprint density at radius 3 is 3.06 bits per heavy atom. The summed E-state index contributed by atoms with van der Waals surface area (Å²) < 4.78 is 35.8. The third-order valence-electron chi connectivity index (χ3n) is 2.23. The van der Waals surface area contributed by atoms with Gasteiger partial charge in [-0.15, -0.1) is 0 Å². The highest BCUT2D eigenvalue weighted by atomic mass is 19.2. The molecule has 1 aliphatic rings. The summed E-state index contributed by atoms with van der Waals surface area (Å²) in [6.07, 6.45) is 1.20. The monoisotopic (exact) mass is 229 g/mol. The van der Waals surface area contributed by atoms with Gasteiger partial charge in [0.1, 0.15) is 11.7 Å². The predicted molar refractivity (Wildman–Crippen MR) is 48.8 cm³/mol. The van der Waals surface area contributed by atoms with Crippen LogP contribution in [0.5, 0.6) is 0 Å². The van der Waals surface area contributed by atoms with Crippen LogP contribution in [-0.2, 0) is 9.47 Å². The van der Waals surface area contributed by atoms with Gasteiger partial charge >= 0.3 is 5.97 Å². The van der Waals surface area contributed by atoms with Gasteiger partial charge in [0.05, 0.1) is 13.2 Å². The summed E-state index contributed by atoms with van der Waals surface area (Å²) in [5.74, 6) is -3.49. The van der Waals surface area contributed by atoms with Crippen LogP contribution < -0.4 is 0 Å². The van der Waals surface area contributed by atoms with Crippen LogP contribution in [-0.4, -0.2) is 30.3 Å². The second-order valence-corrected chi connectivity index (χ2v) is 3.35. The summed E-state index contributed by atoms with van der Waals surface area (Å²) in [6.45, 7) is 0.798. The first-order valence-electron chi connectivity index (χ1n) is 4.77. The molecule has 86 valence electrons. The Hall–Kier alpha value is -1.56. The van der Waals surface area contributed by atoms with Gasteiger partial charge in [-0.3, -0.25) is 0 Å². The molecule has 1 fully saturated rings. The normalized spacial score (nSPS) is 19.8. The van der Waals surface area contributed by atoms with E-state index in [0.717, 1.165) is 12.3 Å². The van der Waals surface area contributed by atoms with Gasteiger partial charge in [0.2, 0.25) is 5.95 Å². The zero-order valence-electron chi connectivity index (χ0n) is 8.28. The molecule has 2 heterocycles. The fraction of sp³-hybridized carbons (Fsp3) is 0.400. The van der Waals surface area contributed by atoms with E-state index in [2.05, 4.69) is 4.98 Å². The number of pyridine rings is 1. The average molecular weight is 229 g/mol. The quantitative estimate of drug-likeness (QED) is 0.566. The van der Waals surface area contributed by atoms with E-state index in [4.69, 9.17) is 9.47 Å². The van der Waals surface area contributed by atoms with Gasteiger partial charge in [-0.25, -0.2) is 14.2 Å². The Morgan fingerprint density at radius 2 is 2.38 bits per heavy atom. The molecule has 6 heteroatoms. The largest absolute Gasteiger partial charge is 0.456 e. The predicted octanol–water partition coefficient (Wildman–Crippen LogP) is 1.31. The first kappa shape index (κ1) is 10.9. The number of hydrogen-bond acceptors (Lipinski definition) is 4. The fourth-order valence-corrected chi connectivity index (χ4v) is 1.40. The zero-order valence-corrected chi connectivity index (χ0v) is 8.28. The molecule has 2 rings (SSSR count). The van der Waals surface area contributed by atoms with Crippen molar-refractivity contribution < 1.29 is 23.0 Å². The maximum atomic E-state index is 13.2. The minimum atomic E-state index is -1.31. The minimum Gasteiger partial charge on any atom is -0.456 e. The molecule has 0 aliphatic carbocycles. The first-order valence-corrected chi connectivity index (χ1v) is 4.77. The van der Waals surface area contributed by atoms with Crippen LogP contribution in [0.2, 0.25) is 0 Å². The lowest BCUT2D eigenvalue weighted by Crippen LogP contribution is -2.19. The molecule has 0 spiro atoms. The van der Waals surface area contributed by atoms with E-state index in [1.165, 1.54) is 0 Å². The Labute approximate surface area is 90.2 Å². The van der Waals surface area contributed by atoms with Crippen molar-refractivity contribution in [1.29, 1.82) is 0 Å². The zero-order chi connectivity index (χ0) is 11.5. The highest BCUT2D eigenvalue weighted by Gasteiger charge is 2.23. The maximum absolute atomic E-state index is 13.2. The third kappa shape index (κ3) is 2.16. The summed E-state index contributed by atoms with van der Waals surface area (Å²) >= 11 is 0. The number of hydrogen-bond donors (Lipinski definition) is 0. The van der Waals surface area contributed by atoms with Crippen LogP contribution in [0.3, 0.4) is 0 Å². The van der Waals surface area contributed by atoms with E-state index >= 15 is 0 Å². The van der Waals surface area contributed by atoms with Crippen molar-refractivity contribution in [3.63, 3.8) is 0 Å². The molecule has 0 saturated carbocycles. The Balaban J connectivity index is 2.11. The van der Waals surface area contributed by atoms with Crippen molar-refractivity contribution in [2.45, 2.75) is 12.5 Å². The van der Waals surface area contributed by atoms with Crippen LogP contribution in [0.25, 0.3) is 0 Å². The van der Waals surface area contributed by atoms with Crippen LogP contribution in [0.15, 0.2) is 12.3 Å². The van der Waals surface area contributed by atoms with Crippen LogP contribution >= 0.6 is 0 Å². The van der Waals surface area contributed by atoms with E-state index in [1.807, 2.05) is 0 Å². The summed E-state index contributed by atoms with van der Waals surface area (Å²) in [7, 11) is 0. The van der Waals surface area contributed by atoms with Gasteiger partial charge in [0.15, 0.2) is 5.82 Å². The van der Waals surface area contributed by atoms with Crippen LogP contribution in [0, 0.1) is 11.8 Å². The van der Waals surface area contributed by atoms with Gasteiger partial charge in [-0.05, 0) is 6.07 Å². The molecule has 1 aliphatic heterocycles. The van der Waals surface area contributed by atoms with Crippen LogP contribution in [0.1, 0.15) is 16.8 Å². The van der Waals surface area contributed by atoms with Crippen molar-refractivity contribution in [3.05, 3.63) is 29.6 Å². The highest BCUT2D eigenvalue weighted by molar-refractivity contribution is 5.89. The molecule has 1 atom stereocenters.